The van der Waals surface area contributed by atoms with Crippen LogP contribution in [0, 0.1) is 0 Å². The van der Waals surface area contributed by atoms with Gasteiger partial charge < -0.3 is 4.42 Å². The molecular formula is C39H24N2OS. The summed E-state index contributed by atoms with van der Waals surface area (Å²) >= 11 is 1.75. The number of hydrogen-bond donors (Lipinski definition) is 0. The Balaban J connectivity index is 1.23. The van der Waals surface area contributed by atoms with Crippen LogP contribution in [0.25, 0.3) is 64.1 Å². The fourth-order valence-corrected chi connectivity index (χ4v) is 7.26. The van der Waals surface area contributed by atoms with E-state index in [0.717, 1.165) is 44.0 Å². The van der Waals surface area contributed by atoms with Gasteiger partial charge >= 0.3 is 0 Å². The highest BCUT2D eigenvalue weighted by molar-refractivity contribution is 7.25. The molecule has 0 atom stereocenters. The molecule has 0 fully saturated rings. The normalized spacial score (nSPS) is 11.7. The van der Waals surface area contributed by atoms with E-state index in [4.69, 9.17) is 9.40 Å². The van der Waals surface area contributed by atoms with E-state index in [9.17, 15) is 0 Å². The van der Waals surface area contributed by atoms with Crippen LogP contribution in [0.4, 0.5) is 17.2 Å². The summed E-state index contributed by atoms with van der Waals surface area (Å²) in [4.78, 5) is 8.57. The van der Waals surface area contributed by atoms with E-state index < -0.39 is 0 Å². The summed E-state index contributed by atoms with van der Waals surface area (Å²) in [5, 5.41) is 7.14. The number of nitrogens with zero attached hydrogens (tertiary/aromatic N) is 2. The standard InChI is InChI=1S/C39H24N2OS/c1-2-8-25(9-3-1)26-14-16-29(17-15-26)41(30-18-20-36-33(24-30)31-12-6-7-13-35(31)42-36)38-21-19-32-34-22-27-10-4-5-11-28(27)23-37(34)43-39(32)40-38/h1-24H. The number of furan rings is 1. The monoisotopic (exact) mass is 568 g/mol. The van der Waals surface area contributed by atoms with Gasteiger partial charge in [-0.25, -0.2) is 4.98 Å². The van der Waals surface area contributed by atoms with Gasteiger partial charge in [-0.15, -0.1) is 11.3 Å². The van der Waals surface area contributed by atoms with Crippen LogP contribution in [-0.4, -0.2) is 4.98 Å². The number of hydrogen-bond acceptors (Lipinski definition) is 4. The first-order valence-corrected chi connectivity index (χ1v) is 15.2. The van der Waals surface area contributed by atoms with Crippen molar-refractivity contribution in [2.24, 2.45) is 0 Å². The molecule has 0 N–H and O–H groups in total. The van der Waals surface area contributed by atoms with Crippen LogP contribution >= 0.6 is 11.3 Å². The molecule has 0 saturated carbocycles. The van der Waals surface area contributed by atoms with Crippen LogP contribution in [0.3, 0.4) is 0 Å². The van der Waals surface area contributed by atoms with Crippen LogP contribution in [0.2, 0.25) is 0 Å². The summed E-state index contributed by atoms with van der Waals surface area (Å²) in [6.45, 7) is 0. The van der Waals surface area contributed by atoms with Crippen LogP contribution in [0.15, 0.2) is 150 Å². The predicted molar refractivity (Wildman–Crippen MR) is 182 cm³/mol. The number of aromatic nitrogens is 1. The minimum absolute atomic E-state index is 0.878. The minimum Gasteiger partial charge on any atom is -0.456 e. The van der Waals surface area contributed by atoms with Crippen molar-refractivity contribution in [3.05, 3.63) is 146 Å². The highest BCUT2D eigenvalue weighted by Gasteiger charge is 2.18. The van der Waals surface area contributed by atoms with Gasteiger partial charge in [0.25, 0.3) is 0 Å². The molecule has 202 valence electrons. The minimum atomic E-state index is 0.878. The van der Waals surface area contributed by atoms with Gasteiger partial charge in [0, 0.05) is 37.6 Å². The Morgan fingerprint density at radius 1 is 0.488 bits per heavy atom. The predicted octanol–water partition coefficient (Wildman–Crippen LogP) is 11.6. The molecule has 0 bridgehead atoms. The zero-order valence-corrected chi connectivity index (χ0v) is 23.9. The molecule has 0 spiro atoms. The molecular weight excluding hydrogens is 545 g/mol. The maximum Gasteiger partial charge on any atom is 0.139 e. The van der Waals surface area contributed by atoms with Crippen molar-refractivity contribution in [1.29, 1.82) is 0 Å². The summed E-state index contributed by atoms with van der Waals surface area (Å²) in [6.07, 6.45) is 0. The molecule has 0 amide bonds. The summed E-state index contributed by atoms with van der Waals surface area (Å²) in [5.74, 6) is 0.878. The highest BCUT2D eigenvalue weighted by Crippen LogP contribution is 2.41. The highest BCUT2D eigenvalue weighted by atomic mass is 32.1. The average molecular weight is 569 g/mol. The van der Waals surface area contributed by atoms with Crippen molar-refractivity contribution in [2.45, 2.75) is 0 Å². The van der Waals surface area contributed by atoms with Gasteiger partial charge in [0.15, 0.2) is 0 Å². The molecule has 0 saturated heterocycles. The van der Waals surface area contributed by atoms with E-state index in [-0.39, 0.29) is 0 Å². The zero-order chi connectivity index (χ0) is 28.3. The second kappa shape index (κ2) is 9.55. The number of para-hydroxylation sites is 1. The van der Waals surface area contributed by atoms with Gasteiger partial charge in [0.2, 0.25) is 0 Å². The third-order valence-corrected chi connectivity index (χ3v) is 9.33. The van der Waals surface area contributed by atoms with Crippen molar-refractivity contribution in [2.75, 3.05) is 4.90 Å². The second-order valence-corrected chi connectivity index (χ2v) is 11.9. The third kappa shape index (κ3) is 3.99. The first-order valence-electron chi connectivity index (χ1n) is 14.4. The Morgan fingerprint density at radius 2 is 1.19 bits per heavy atom. The lowest BCUT2D eigenvalue weighted by Crippen LogP contribution is -2.11. The Bertz CT molecular complexity index is 2460. The molecule has 6 aromatic carbocycles. The lowest BCUT2D eigenvalue weighted by Gasteiger charge is -2.24. The van der Waals surface area contributed by atoms with Gasteiger partial charge in [-0.05, 0) is 82.6 Å². The molecule has 0 aliphatic heterocycles. The van der Waals surface area contributed by atoms with Crippen molar-refractivity contribution < 1.29 is 4.42 Å². The number of pyridine rings is 1. The molecule has 0 radical (unpaired) electrons. The largest absolute Gasteiger partial charge is 0.456 e. The Kier molecular flexibility index (Phi) is 5.37. The molecule has 3 aromatic heterocycles. The first kappa shape index (κ1) is 24.2. The quantitative estimate of drug-likeness (QED) is 0.211. The van der Waals surface area contributed by atoms with E-state index in [1.807, 2.05) is 18.2 Å². The lowest BCUT2D eigenvalue weighted by molar-refractivity contribution is 0.669. The third-order valence-electron chi connectivity index (χ3n) is 8.27. The molecule has 3 heterocycles. The van der Waals surface area contributed by atoms with E-state index in [1.165, 1.54) is 37.4 Å². The summed E-state index contributed by atoms with van der Waals surface area (Å²) in [6, 6.07) is 51.4. The summed E-state index contributed by atoms with van der Waals surface area (Å²) < 4.78 is 7.41. The zero-order valence-electron chi connectivity index (χ0n) is 23.1. The van der Waals surface area contributed by atoms with Crippen molar-refractivity contribution in [3.63, 3.8) is 0 Å². The first-order chi connectivity index (χ1) is 21.3. The Labute approximate surface area is 251 Å². The van der Waals surface area contributed by atoms with Gasteiger partial charge in [0.05, 0.1) is 0 Å². The van der Waals surface area contributed by atoms with E-state index in [0.29, 0.717) is 0 Å². The fourth-order valence-electron chi connectivity index (χ4n) is 6.16. The molecule has 3 nitrogen and oxygen atoms in total. The van der Waals surface area contributed by atoms with Crippen molar-refractivity contribution >= 4 is 81.5 Å². The van der Waals surface area contributed by atoms with Gasteiger partial charge in [-0.2, -0.15) is 0 Å². The number of benzene rings is 6. The summed E-state index contributed by atoms with van der Waals surface area (Å²) in [5.41, 5.74) is 6.23. The van der Waals surface area contributed by atoms with Gasteiger partial charge in [-0.1, -0.05) is 84.9 Å². The topological polar surface area (TPSA) is 29.3 Å². The Hall–Kier alpha value is -5.45. The van der Waals surface area contributed by atoms with Crippen LogP contribution < -0.4 is 4.90 Å². The van der Waals surface area contributed by atoms with Crippen LogP contribution in [0.1, 0.15) is 0 Å². The number of rotatable bonds is 4. The maximum atomic E-state index is 6.15. The molecule has 4 heteroatoms. The molecule has 0 aliphatic rings. The average Bonchev–Trinajstić information content (AvgIpc) is 3.61. The van der Waals surface area contributed by atoms with Crippen molar-refractivity contribution in [3.8, 4) is 11.1 Å². The van der Waals surface area contributed by atoms with E-state index in [1.54, 1.807) is 11.3 Å². The maximum absolute atomic E-state index is 6.15. The van der Waals surface area contributed by atoms with E-state index in [2.05, 4.69) is 132 Å². The smallest absolute Gasteiger partial charge is 0.139 e. The molecule has 43 heavy (non-hydrogen) atoms. The second-order valence-electron chi connectivity index (χ2n) is 10.8. The lowest BCUT2D eigenvalue weighted by atomic mass is 10.0. The van der Waals surface area contributed by atoms with Gasteiger partial charge in [-0.3, -0.25) is 4.90 Å². The Morgan fingerprint density at radius 3 is 2.05 bits per heavy atom. The van der Waals surface area contributed by atoms with Gasteiger partial charge in [0.1, 0.15) is 21.8 Å². The summed E-state index contributed by atoms with van der Waals surface area (Å²) in [7, 11) is 0. The molecule has 0 unspecified atom stereocenters. The fraction of sp³-hybridized carbons (Fsp3) is 0. The molecule has 9 rings (SSSR count). The van der Waals surface area contributed by atoms with Crippen LogP contribution in [0.5, 0.6) is 0 Å². The van der Waals surface area contributed by atoms with Crippen LogP contribution in [-0.2, 0) is 0 Å². The SMILES string of the molecule is c1ccc(-c2ccc(N(c3ccc4oc5ccccc5c4c3)c3ccc4c(n3)sc3cc5ccccc5cc34)cc2)cc1. The van der Waals surface area contributed by atoms with Crippen molar-refractivity contribution in [1.82, 2.24) is 4.98 Å². The molecule has 9 aromatic rings. The number of thiophene rings is 1. The molecule has 0 aliphatic carbocycles. The number of fused-ring (bicyclic) bond motifs is 7. The number of anilines is 3. The van der Waals surface area contributed by atoms with E-state index >= 15 is 0 Å².